The van der Waals surface area contributed by atoms with Gasteiger partial charge in [-0.15, -0.1) is 0 Å². The van der Waals surface area contributed by atoms with Crippen LogP contribution in [0.4, 0.5) is 0 Å². The lowest BCUT2D eigenvalue weighted by atomic mass is 10.1. The molecule has 4 nitrogen and oxygen atoms in total. The Kier molecular flexibility index (Phi) is 3.11. The summed E-state index contributed by atoms with van der Waals surface area (Å²) >= 11 is 0. The van der Waals surface area contributed by atoms with Crippen molar-refractivity contribution in [1.82, 2.24) is 9.88 Å². The minimum absolute atomic E-state index is 0.0595. The summed E-state index contributed by atoms with van der Waals surface area (Å²) in [6.45, 7) is 2.54. The smallest absolute Gasteiger partial charge is 0.255 e. The van der Waals surface area contributed by atoms with E-state index < -0.39 is 0 Å². The number of rotatable bonds is 1. The molecule has 3 rings (SSSR count). The van der Waals surface area contributed by atoms with Gasteiger partial charge in [0.1, 0.15) is 6.04 Å². The van der Waals surface area contributed by atoms with E-state index in [2.05, 4.69) is 11.1 Å². The average Bonchev–Trinajstić information content (AvgIpc) is 2.94. The summed E-state index contributed by atoms with van der Waals surface area (Å²) in [5.41, 5.74) is 2.29. The van der Waals surface area contributed by atoms with Gasteiger partial charge in [-0.3, -0.25) is 9.78 Å². The van der Waals surface area contributed by atoms with Crippen LogP contribution < -0.4 is 0 Å². The molecule has 0 radical (unpaired) electrons. The van der Waals surface area contributed by atoms with Crippen LogP contribution in [0.2, 0.25) is 0 Å². The predicted octanol–water partition coefficient (Wildman–Crippen LogP) is 2.67. The molecular formula is C16H15N3O. The summed E-state index contributed by atoms with van der Waals surface area (Å²) < 4.78 is 0. The molecule has 1 aromatic heterocycles. The molecule has 0 aliphatic carbocycles. The summed E-state index contributed by atoms with van der Waals surface area (Å²) in [6.07, 6.45) is 1.66. The molecule has 2 aromatic rings. The number of hydrogen-bond donors (Lipinski definition) is 0. The van der Waals surface area contributed by atoms with Crippen molar-refractivity contribution >= 4 is 16.8 Å². The van der Waals surface area contributed by atoms with Crippen LogP contribution in [0.1, 0.15) is 28.9 Å². The maximum atomic E-state index is 12.7. The van der Waals surface area contributed by atoms with Crippen molar-refractivity contribution in [2.75, 3.05) is 6.54 Å². The van der Waals surface area contributed by atoms with E-state index >= 15 is 0 Å². The fourth-order valence-corrected chi connectivity index (χ4v) is 2.78. The molecule has 0 saturated carbocycles. The molecule has 1 atom stereocenters. The van der Waals surface area contributed by atoms with Crippen LogP contribution in [0.25, 0.3) is 10.9 Å². The highest BCUT2D eigenvalue weighted by atomic mass is 16.2. The molecule has 1 aliphatic heterocycles. The summed E-state index contributed by atoms with van der Waals surface area (Å²) in [5, 5.41) is 10.00. The number of aromatic nitrogens is 1. The zero-order valence-corrected chi connectivity index (χ0v) is 11.3. The fourth-order valence-electron chi connectivity index (χ4n) is 2.78. The number of para-hydroxylation sites is 1. The first-order valence-corrected chi connectivity index (χ1v) is 6.77. The molecule has 1 fully saturated rings. The first-order valence-electron chi connectivity index (χ1n) is 6.77. The molecule has 2 heterocycles. The van der Waals surface area contributed by atoms with E-state index in [1.54, 1.807) is 4.90 Å². The number of nitrogens with zero attached hydrogens (tertiary/aromatic N) is 3. The lowest BCUT2D eigenvalue weighted by Gasteiger charge is -2.20. The normalized spacial score (nSPS) is 18.2. The standard InChI is InChI=1S/C16H15N3O/c1-11-9-14(13-6-2-3-7-15(13)18-11)16(20)19-8-4-5-12(19)10-17/h2-3,6-7,9,12H,4-5,8H2,1H3. The van der Waals surface area contributed by atoms with Crippen LogP contribution in [0.5, 0.6) is 0 Å². The van der Waals surface area contributed by atoms with Gasteiger partial charge in [0, 0.05) is 17.6 Å². The molecule has 1 saturated heterocycles. The van der Waals surface area contributed by atoms with Crippen LogP contribution in [-0.2, 0) is 0 Å². The van der Waals surface area contributed by atoms with Crippen molar-refractivity contribution in [3.8, 4) is 6.07 Å². The number of amides is 1. The minimum Gasteiger partial charge on any atom is -0.323 e. The molecule has 1 amide bonds. The topological polar surface area (TPSA) is 57.0 Å². The van der Waals surface area contributed by atoms with Crippen LogP contribution in [0, 0.1) is 18.3 Å². The maximum Gasteiger partial charge on any atom is 0.255 e. The van der Waals surface area contributed by atoms with E-state index in [4.69, 9.17) is 5.26 Å². The van der Waals surface area contributed by atoms with E-state index in [0.29, 0.717) is 12.1 Å². The Balaban J connectivity index is 2.10. The Labute approximate surface area is 117 Å². The third-order valence-corrected chi connectivity index (χ3v) is 3.74. The van der Waals surface area contributed by atoms with Crippen LogP contribution in [-0.4, -0.2) is 28.4 Å². The van der Waals surface area contributed by atoms with Gasteiger partial charge in [-0.25, -0.2) is 0 Å². The Bertz CT molecular complexity index is 717. The van der Waals surface area contributed by atoms with Crippen molar-refractivity contribution in [3.05, 3.63) is 41.6 Å². The van der Waals surface area contributed by atoms with E-state index in [9.17, 15) is 4.79 Å². The highest BCUT2D eigenvalue weighted by Gasteiger charge is 2.30. The largest absolute Gasteiger partial charge is 0.323 e. The molecule has 0 bridgehead atoms. The second-order valence-electron chi connectivity index (χ2n) is 5.11. The molecule has 0 N–H and O–H groups in total. The van der Waals surface area contributed by atoms with Gasteiger partial charge in [0.2, 0.25) is 0 Å². The average molecular weight is 265 g/mol. The molecule has 4 heteroatoms. The molecule has 20 heavy (non-hydrogen) atoms. The lowest BCUT2D eigenvalue weighted by Crippen LogP contribution is -2.34. The van der Waals surface area contributed by atoms with Gasteiger partial charge < -0.3 is 4.90 Å². The number of likely N-dealkylation sites (tertiary alicyclic amines) is 1. The van der Waals surface area contributed by atoms with Crippen molar-refractivity contribution in [3.63, 3.8) is 0 Å². The second kappa shape index (κ2) is 4.93. The van der Waals surface area contributed by atoms with Gasteiger partial charge in [-0.2, -0.15) is 5.26 Å². The first kappa shape index (κ1) is 12.6. The van der Waals surface area contributed by atoms with Gasteiger partial charge in [0.25, 0.3) is 5.91 Å². The Hall–Kier alpha value is -2.41. The lowest BCUT2D eigenvalue weighted by molar-refractivity contribution is 0.0766. The van der Waals surface area contributed by atoms with E-state index in [0.717, 1.165) is 29.4 Å². The van der Waals surface area contributed by atoms with Crippen molar-refractivity contribution in [2.24, 2.45) is 0 Å². The van der Waals surface area contributed by atoms with Crippen LogP contribution in [0.3, 0.4) is 0 Å². The Morgan fingerprint density at radius 2 is 2.25 bits per heavy atom. The zero-order chi connectivity index (χ0) is 14.1. The van der Waals surface area contributed by atoms with Gasteiger partial charge in [-0.1, -0.05) is 18.2 Å². The van der Waals surface area contributed by atoms with Gasteiger partial charge in [-0.05, 0) is 31.9 Å². The number of carbonyl (C=O) groups is 1. The molecule has 1 aromatic carbocycles. The van der Waals surface area contributed by atoms with Crippen LogP contribution >= 0.6 is 0 Å². The first-order chi connectivity index (χ1) is 9.70. The molecule has 1 aliphatic rings. The SMILES string of the molecule is Cc1cc(C(=O)N2CCCC2C#N)c2ccccc2n1. The highest BCUT2D eigenvalue weighted by molar-refractivity contribution is 6.06. The number of hydrogen-bond acceptors (Lipinski definition) is 3. The molecule has 1 unspecified atom stereocenters. The summed E-state index contributed by atoms with van der Waals surface area (Å²) in [7, 11) is 0. The number of pyridine rings is 1. The third kappa shape index (κ3) is 2.01. The Morgan fingerprint density at radius 1 is 1.45 bits per heavy atom. The fraction of sp³-hybridized carbons (Fsp3) is 0.312. The number of aryl methyl sites for hydroxylation is 1. The van der Waals surface area contributed by atoms with Crippen molar-refractivity contribution in [1.29, 1.82) is 5.26 Å². The summed E-state index contributed by atoms with van der Waals surface area (Å²) in [6, 6.07) is 11.4. The number of carbonyl (C=O) groups excluding carboxylic acids is 1. The quantitative estimate of drug-likeness (QED) is 0.796. The van der Waals surface area contributed by atoms with Crippen molar-refractivity contribution < 1.29 is 4.79 Å². The van der Waals surface area contributed by atoms with Crippen molar-refractivity contribution in [2.45, 2.75) is 25.8 Å². The van der Waals surface area contributed by atoms with Gasteiger partial charge in [0.05, 0.1) is 17.1 Å². The molecule has 0 spiro atoms. The molecule has 100 valence electrons. The zero-order valence-electron chi connectivity index (χ0n) is 11.3. The van der Waals surface area contributed by atoms with Gasteiger partial charge >= 0.3 is 0 Å². The number of benzene rings is 1. The molecular weight excluding hydrogens is 250 g/mol. The predicted molar refractivity (Wildman–Crippen MR) is 76.2 cm³/mol. The number of fused-ring (bicyclic) bond motifs is 1. The summed E-state index contributed by atoms with van der Waals surface area (Å²) in [5.74, 6) is -0.0595. The van der Waals surface area contributed by atoms with Gasteiger partial charge in [0.15, 0.2) is 0 Å². The van der Waals surface area contributed by atoms with E-state index in [-0.39, 0.29) is 11.9 Å². The van der Waals surface area contributed by atoms with Crippen LogP contribution in [0.15, 0.2) is 30.3 Å². The summed E-state index contributed by atoms with van der Waals surface area (Å²) in [4.78, 5) is 18.9. The minimum atomic E-state index is -0.297. The highest BCUT2D eigenvalue weighted by Crippen LogP contribution is 2.24. The van der Waals surface area contributed by atoms with E-state index in [1.165, 1.54) is 0 Å². The monoisotopic (exact) mass is 265 g/mol. The Morgan fingerprint density at radius 3 is 3.05 bits per heavy atom. The third-order valence-electron chi connectivity index (χ3n) is 3.74. The maximum absolute atomic E-state index is 12.7. The number of nitriles is 1. The second-order valence-corrected chi connectivity index (χ2v) is 5.11. The van der Waals surface area contributed by atoms with E-state index in [1.807, 2.05) is 37.3 Å².